The van der Waals surface area contributed by atoms with Gasteiger partial charge in [0.1, 0.15) is 0 Å². The van der Waals surface area contributed by atoms with Gasteiger partial charge in [-0.05, 0) is 30.5 Å². The molecule has 3 nitrogen and oxygen atoms in total. The summed E-state index contributed by atoms with van der Waals surface area (Å²) in [6.45, 7) is 1.04. The number of likely N-dealkylation sites (tertiary alicyclic amines) is 1. The molecule has 0 saturated carbocycles. The minimum Gasteiger partial charge on any atom is -0.341 e. The fourth-order valence-corrected chi connectivity index (χ4v) is 2.14. The van der Waals surface area contributed by atoms with Crippen molar-refractivity contribution in [1.29, 1.82) is 0 Å². The maximum absolute atomic E-state index is 13.1. The van der Waals surface area contributed by atoms with Crippen molar-refractivity contribution in [2.24, 2.45) is 5.73 Å². The zero-order valence-electron chi connectivity index (χ0n) is 10.0. The Labute approximate surface area is 105 Å². The van der Waals surface area contributed by atoms with Crippen LogP contribution >= 0.6 is 0 Å². The first-order valence-electron chi connectivity index (χ1n) is 6.06. The Morgan fingerprint density at radius 2 is 2.06 bits per heavy atom. The van der Waals surface area contributed by atoms with Crippen LogP contribution in [0.4, 0.5) is 8.78 Å². The van der Waals surface area contributed by atoms with Crippen LogP contribution in [0.25, 0.3) is 0 Å². The van der Waals surface area contributed by atoms with E-state index < -0.39 is 17.7 Å². The van der Waals surface area contributed by atoms with Gasteiger partial charge in [-0.2, -0.15) is 0 Å². The number of nitrogens with two attached hydrogens (primary N) is 1. The number of amides is 1. The van der Waals surface area contributed by atoms with Crippen molar-refractivity contribution in [1.82, 2.24) is 4.90 Å². The van der Waals surface area contributed by atoms with Gasteiger partial charge in [0.15, 0.2) is 11.6 Å². The number of carbonyl (C=O) groups is 1. The molecule has 18 heavy (non-hydrogen) atoms. The van der Waals surface area contributed by atoms with E-state index in [9.17, 15) is 13.6 Å². The highest BCUT2D eigenvalue weighted by atomic mass is 19.2. The van der Waals surface area contributed by atoms with Crippen molar-refractivity contribution in [3.63, 3.8) is 0 Å². The standard InChI is InChI=1S/C13H16F2N2O/c14-10-5-4-9(7-11(10)15)12(16)8-17-6-2-1-3-13(17)18/h4-5,7,12H,1-3,6,8,16H2. The Kier molecular flexibility index (Phi) is 3.91. The SMILES string of the molecule is NC(CN1CCCCC1=O)c1ccc(F)c(F)c1. The number of halogens is 2. The molecule has 1 atom stereocenters. The van der Waals surface area contributed by atoms with E-state index in [2.05, 4.69) is 0 Å². The van der Waals surface area contributed by atoms with Crippen molar-refractivity contribution in [3.8, 4) is 0 Å². The van der Waals surface area contributed by atoms with Crippen molar-refractivity contribution in [3.05, 3.63) is 35.4 Å². The molecular weight excluding hydrogens is 238 g/mol. The molecule has 0 bridgehead atoms. The van der Waals surface area contributed by atoms with Gasteiger partial charge >= 0.3 is 0 Å². The molecule has 1 heterocycles. The van der Waals surface area contributed by atoms with Gasteiger partial charge in [0, 0.05) is 25.6 Å². The highest BCUT2D eigenvalue weighted by molar-refractivity contribution is 5.76. The number of benzene rings is 1. The third kappa shape index (κ3) is 2.85. The summed E-state index contributed by atoms with van der Waals surface area (Å²) >= 11 is 0. The number of piperidine rings is 1. The third-order valence-corrected chi connectivity index (χ3v) is 3.21. The summed E-state index contributed by atoms with van der Waals surface area (Å²) in [5, 5.41) is 0. The summed E-state index contributed by atoms with van der Waals surface area (Å²) in [6.07, 6.45) is 2.43. The van der Waals surface area contributed by atoms with Gasteiger partial charge in [0.05, 0.1) is 0 Å². The van der Waals surface area contributed by atoms with Crippen LogP contribution in [0, 0.1) is 11.6 Å². The maximum Gasteiger partial charge on any atom is 0.222 e. The predicted octanol–water partition coefficient (Wildman–Crippen LogP) is 1.98. The van der Waals surface area contributed by atoms with Crippen LogP contribution < -0.4 is 5.73 Å². The van der Waals surface area contributed by atoms with Gasteiger partial charge in [-0.3, -0.25) is 4.79 Å². The summed E-state index contributed by atoms with van der Waals surface area (Å²) in [6, 6.07) is 3.12. The van der Waals surface area contributed by atoms with Crippen molar-refractivity contribution in [2.75, 3.05) is 13.1 Å². The van der Waals surface area contributed by atoms with E-state index in [0.717, 1.165) is 25.0 Å². The molecule has 1 unspecified atom stereocenters. The molecule has 1 fully saturated rings. The normalized spacial score (nSPS) is 17.9. The van der Waals surface area contributed by atoms with E-state index in [1.54, 1.807) is 4.90 Å². The molecule has 1 aromatic carbocycles. The molecule has 0 aromatic heterocycles. The molecule has 1 saturated heterocycles. The second-order valence-electron chi connectivity index (χ2n) is 4.58. The number of hydrogen-bond donors (Lipinski definition) is 1. The summed E-state index contributed by atoms with van der Waals surface area (Å²) in [4.78, 5) is 13.3. The van der Waals surface area contributed by atoms with Gasteiger partial charge in [-0.25, -0.2) is 8.78 Å². The Morgan fingerprint density at radius 1 is 1.28 bits per heavy atom. The molecule has 2 rings (SSSR count). The lowest BCUT2D eigenvalue weighted by atomic mass is 10.0. The molecule has 98 valence electrons. The van der Waals surface area contributed by atoms with Crippen molar-refractivity contribution in [2.45, 2.75) is 25.3 Å². The lowest BCUT2D eigenvalue weighted by molar-refractivity contribution is -0.133. The molecule has 0 radical (unpaired) electrons. The quantitative estimate of drug-likeness (QED) is 0.896. The highest BCUT2D eigenvalue weighted by Crippen LogP contribution is 2.18. The van der Waals surface area contributed by atoms with Crippen LogP contribution in [-0.4, -0.2) is 23.9 Å². The monoisotopic (exact) mass is 254 g/mol. The van der Waals surface area contributed by atoms with Crippen LogP contribution in [0.1, 0.15) is 30.9 Å². The lowest BCUT2D eigenvalue weighted by Crippen LogP contribution is -2.40. The van der Waals surface area contributed by atoms with Gasteiger partial charge in [-0.1, -0.05) is 6.07 Å². The molecular formula is C13H16F2N2O. The molecule has 2 N–H and O–H groups in total. The molecule has 0 aliphatic carbocycles. The second-order valence-corrected chi connectivity index (χ2v) is 4.58. The minimum absolute atomic E-state index is 0.0827. The summed E-state index contributed by atoms with van der Waals surface area (Å²) < 4.78 is 25.9. The zero-order chi connectivity index (χ0) is 13.1. The van der Waals surface area contributed by atoms with Crippen LogP contribution in [0.3, 0.4) is 0 Å². The van der Waals surface area contributed by atoms with Gasteiger partial charge in [0.2, 0.25) is 5.91 Å². The Bertz CT molecular complexity index is 451. The first-order chi connectivity index (χ1) is 8.58. The first kappa shape index (κ1) is 13.0. The molecule has 0 spiro atoms. The molecule has 1 aliphatic rings. The smallest absolute Gasteiger partial charge is 0.222 e. The number of rotatable bonds is 3. The molecule has 1 aliphatic heterocycles. The average molecular weight is 254 g/mol. The third-order valence-electron chi connectivity index (χ3n) is 3.21. The summed E-state index contributed by atoms with van der Waals surface area (Å²) in [5.41, 5.74) is 6.43. The van der Waals surface area contributed by atoms with E-state index >= 15 is 0 Å². The Morgan fingerprint density at radius 3 is 2.72 bits per heavy atom. The van der Waals surface area contributed by atoms with E-state index in [1.165, 1.54) is 6.07 Å². The highest BCUT2D eigenvalue weighted by Gasteiger charge is 2.21. The molecule has 5 heteroatoms. The van der Waals surface area contributed by atoms with Crippen LogP contribution in [-0.2, 0) is 4.79 Å². The van der Waals surface area contributed by atoms with E-state index in [4.69, 9.17) is 5.73 Å². The maximum atomic E-state index is 13.1. The zero-order valence-corrected chi connectivity index (χ0v) is 10.0. The number of carbonyl (C=O) groups excluding carboxylic acids is 1. The first-order valence-corrected chi connectivity index (χ1v) is 6.06. The van der Waals surface area contributed by atoms with Crippen LogP contribution in [0.2, 0.25) is 0 Å². The second kappa shape index (κ2) is 5.44. The fraction of sp³-hybridized carbons (Fsp3) is 0.462. The van der Waals surface area contributed by atoms with Crippen molar-refractivity contribution < 1.29 is 13.6 Å². The summed E-state index contributed by atoms with van der Waals surface area (Å²) in [5.74, 6) is -1.72. The van der Waals surface area contributed by atoms with E-state index in [1.807, 2.05) is 0 Å². The number of nitrogens with zero attached hydrogens (tertiary/aromatic N) is 1. The van der Waals surface area contributed by atoms with E-state index in [0.29, 0.717) is 25.1 Å². The van der Waals surface area contributed by atoms with E-state index in [-0.39, 0.29) is 5.91 Å². The fourth-order valence-electron chi connectivity index (χ4n) is 2.14. The van der Waals surface area contributed by atoms with Crippen molar-refractivity contribution >= 4 is 5.91 Å². The predicted molar refractivity (Wildman–Crippen MR) is 63.7 cm³/mol. The topological polar surface area (TPSA) is 46.3 Å². The average Bonchev–Trinajstić information content (AvgIpc) is 2.35. The molecule has 1 aromatic rings. The Balaban J connectivity index is 2.04. The van der Waals surface area contributed by atoms with Crippen LogP contribution in [0.5, 0.6) is 0 Å². The number of hydrogen-bond acceptors (Lipinski definition) is 2. The summed E-state index contributed by atoms with van der Waals surface area (Å²) in [7, 11) is 0. The molecule has 1 amide bonds. The van der Waals surface area contributed by atoms with Gasteiger partial charge in [-0.15, -0.1) is 0 Å². The largest absolute Gasteiger partial charge is 0.341 e. The minimum atomic E-state index is -0.909. The van der Waals surface area contributed by atoms with Gasteiger partial charge < -0.3 is 10.6 Å². The van der Waals surface area contributed by atoms with Gasteiger partial charge in [0.25, 0.3) is 0 Å². The Hall–Kier alpha value is -1.49. The van der Waals surface area contributed by atoms with Crippen LogP contribution in [0.15, 0.2) is 18.2 Å². The lowest BCUT2D eigenvalue weighted by Gasteiger charge is -2.29.